The number of ether oxygens (including phenoxy) is 2. The van der Waals surface area contributed by atoms with Crippen molar-refractivity contribution in [2.24, 2.45) is 0 Å². The maximum atomic E-state index is 13.7. The molecule has 2 rings (SSSR count). The highest BCUT2D eigenvalue weighted by molar-refractivity contribution is 6.10. The topological polar surface area (TPSA) is 76.7 Å². The largest absolute Gasteiger partial charge is 0.496 e. The fourth-order valence-electron chi connectivity index (χ4n) is 2.19. The van der Waals surface area contributed by atoms with E-state index in [4.69, 9.17) is 9.47 Å². The Morgan fingerprint density at radius 1 is 1.00 bits per heavy atom. The molecule has 6 nitrogen and oxygen atoms in total. The molecule has 0 aliphatic rings. The van der Waals surface area contributed by atoms with Gasteiger partial charge in [0.25, 0.3) is 5.91 Å². The molecule has 10 heteroatoms. The summed E-state index contributed by atoms with van der Waals surface area (Å²) >= 11 is 0. The zero-order valence-electron chi connectivity index (χ0n) is 14.1. The maximum Gasteiger partial charge on any atom is 0.416 e. The molecule has 0 heterocycles. The van der Waals surface area contributed by atoms with E-state index in [1.54, 1.807) is 6.07 Å². The first kappa shape index (κ1) is 20.0. The number of nitrogens with one attached hydrogen (secondary N) is 2. The quantitative estimate of drug-likeness (QED) is 0.784. The van der Waals surface area contributed by atoms with Crippen molar-refractivity contribution in [3.05, 3.63) is 53.3 Å². The van der Waals surface area contributed by atoms with Crippen LogP contribution in [0.25, 0.3) is 0 Å². The molecule has 144 valence electrons. The smallest absolute Gasteiger partial charge is 0.416 e. The van der Waals surface area contributed by atoms with Crippen LogP contribution in [0.5, 0.6) is 11.5 Å². The number of rotatable bonds is 4. The van der Waals surface area contributed by atoms with Gasteiger partial charge in [-0.2, -0.15) is 13.2 Å². The molecular formula is C17H14F4N2O4. The summed E-state index contributed by atoms with van der Waals surface area (Å²) in [4.78, 5) is 24.2. The Balaban J connectivity index is 2.21. The number of carbonyl (C=O) groups is 2. The van der Waals surface area contributed by atoms with Crippen LogP contribution in [-0.2, 0) is 6.18 Å². The normalized spacial score (nSPS) is 10.9. The Kier molecular flexibility index (Phi) is 5.88. The van der Waals surface area contributed by atoms with E-state index in [0.29, 0.717) is 18.2 Å². The number of imide groups is 1. The third-order valence-corrected chi connectivity index (χ3v) is 3.42. The van der Waals surface area contributed by atoms with Gasteiger partial charge < -0.3 is 14.8 Å². The second-order valence-electron chi connectivity index (χ2n) is 5.14. The molecule has 0 bridgehead atoms. The second kappa shape index (κ2) is 7.94. The Labute approximate surface area is 151 Å². The second-order valence-corrected chi connectivity index (χ2v) is 5.14. The van der Waals surface area contributed by atoms with E-state index in [-0.39, 0.29) is 17.1 Å². The van der Waals surface area contributed by atoms with Crippen LogP contribution in [0.4, 0.5) is 28.0 Å². The van der Waals surface area contributed by atoms with Gasteiger partial charge in [0.2, 0.25) is 0 Å². The number of hydrogen-bond acceptors (Lipinski definition) is 4. The molecule has 2 aromatic carbocycles. The van der Waals surface area contributed by atoms with Gasteiger partial charge in [-0.05, 0) is 30.3 Å². The Bertz CT molecular complexity index is 846. The third kappa shape index (κ3) is 4.66. The van der Waals surface area contributed by atoms with Gasteiger partial charge in [0, 0.05) is 0 Å². The minimum absolute atomic E-state index is 0.102. The Morgan fingerprint density at radius 3 is 2.11 bits per heavy atom. The van der Waals surface area contributed by atoms with E-state index in [2.05, 4.69) is 0 Å². The van der Waals surface area contributed by atoms with Crippen molar-refractivity contribution in [3.8, 4) is 11.5 Å². The van der Waals surface area contributed by atoms with Gasteiger partial charge in [-0.1, -0.05) is 6.07 Å². The summed E-state index contributed by atoms with van der Waals surface area (Å²) in [6.07, 6.45) is -4.72. The number of carbonyl (C=O) groups excluding carboxylic acids is 2. The molecule has 0 aliphatic heterocycles. The van der Waals surface area contributed by atoms with Crippen molar-refractivity contribution in [2.75, 3.05) is 19.5 Å². The number of alkyl halides is 3. The molecule has 0 spiro atoms. The van der Waals surface area contributed by atoms with Crippen LogP contribution in [0.3, 0.4) is 0 Å². The minimum atomic E-state index is -4.72. The molecule has 27 heavy (non-hydrogen) atoms. The third-order valence-electron chi connectivity index (χ3n) is 3.42. The number of halogens is 4. The fourth-order valence-corrected chi connectivity index (χ4v) is 2.19. The number of amides is 3. The standard InChI is InChI=1S/C17H14F4N2O4/c1-26-12-4-3-5-13(27-2)14(12)15(24)23-16(25)22-11-8-9(17(19,20)21)6-7-10(11)18/h3-8H,1-2H3,(H2,22,23,24,25). The number of methoxy groups -OCH3 is 2. The van der Waals surface area contributed by atoms with Gasteiger partial charge in [0.15, 0.2) is 0 Å². The van der Waals surface area contributed by atoms with Gasteiger partial charge in [0.05, 0.1) is 25.5 Å². The first-order valence-electron chi connectivity index (χ1n) is 7.37. The highest BCUT2D eigenvalue weighted by atomic mass is 19.4. The fraction of sp³-hybridized carbons (Fsp3) is 0.176. The van der Waals surface area contributed by atoms with Gasteiger partial charge >= 0.3 is 12.2 Å². The molecule has 0 aromatic heterocycles. The Morgan fingerprint density at radius 2 is 1.59 bits per heavy atom. The lowest BCUT2D eigenvalue weighted by atomic mass is 10.1. The molecule has 0 fully saturated rings. The van der Waals surface area contributed by atoms with E-state index in [9.17, 15) is 27.2 Å². The van der Waals surface area contributed by atoms with Gasteiger partial charge in [0.1, 0.15) is 22.9 Å². The zero-order valence-corrected chi connectivity index (χ0v) is 14.1. The molecule has 3 amide bonds. The van der Waals surface area contributed by atoms with Crippen LogP contribution in [-0.4, -0.2) is 26.2 Å². The Hall–Kier alpha value is -3.30. The number of urea groups is 1. The summed E-state index contributed by atoms with van der Waals surface area (Å²) < 4.78 is 61.8. The first-order valence-corrected chi connectivity index (χ1v) is 7.37. The maximum absolute atomic E-state index is 13.7. The average Bonchev–Trinajstić information content (AvgIpc) is 2.61. The van der Waals surface area contributed by atoms with E-state index in [1.165, 1.54) is 26.4 Å². The van der Waals surface area contributed by atoms with Gasteiger partial charge in [-0.15, -0.1) is 0 Å². The van der Waals surface area contributed by atoms with Crippen LogP contribution in [0.1, 0.15) is 15.9 Å². The molecule has 0 saturated heterocycles. The monoisotopic (exact) mass is 386 g/mol. The molecular weight excluding hydrogens is 372 g/mol. The summed E-state index contributed by atoms with van der Waals surface area (Å²) in [6.45, 7) is 0. The van der Waals surface area contributed by atoms with Crippen molar-refractivity contribution < 1.29 is 36.6 Å². The summed E-state index contributed by atoms with van der Waals surface area (Å²) in [5, 5.41) is 3.75. The zero-order chi connectivity index (χ0) is 20.2. The highest BCUT2D eigenvalue weighted by Gasteiger charge is 2.31. The highest BCUT2D eigenvalue weighted by Crippen LogP contribution is 2.32. The van der Waals surface area contributed by atoms with Gasteiger partial charge in [-0.3, -0.25) is 10.1 Å². The summed E-state index contributed by atoms with van der Waals surface area (Å²) in [6, 6.07) is 4.72. The van der Waals surface area contributed by atoms with E-state index >= 15 is 0 Å². The molecule has 2 aromatic rings. The minimum Gasteiger partial charge on any atom is -0.496 e. The first-order chi connectivity index (χ1) is 12.7. The summed E-state index contributed by atoms with van der Waals surface area (Å²) in [7, 11) is 2.59. The lowest BCUT2D eigenvalue weighted by Crippen LogP contribution is -2.35. The average molecular weight is 386 g/mol. The summed E-state index contributed by atoms with van der Waals surface area (Å²) in [5.41, 5.74) is -2.00. The van der Waals surface area contributed by atoms with Gasteiger partial charge in [-0.25, -0.2) is 9.18 Å². The van der Waals surface area contributed by atoms with Crippen LogP contribution in [0.2, 0.25) is 0 Å². The lowest BCUT2D eigenvalue weighted by Gasteiger charge is -2.14. The van der Waals surface area contributed by atoms with Crippen LogP contribution in [0, 0.1) is 5.82 Å². The predicted molar refractivity (Wildman–Crippen MR) is 87.4 cm³/mol. The van der Waals surface area contributed by atoms with E-state index < -0.39 is 35.2 Å². The van der Waals surface area contributed by atoms with Crippen molar-refractivity contribution in [3.63, 3.8) is 0 Å². The lowest BCUT2D eigenvalue weighted by molar-refractivity contribution is -0.137. The van der Waals surface area contributed by atoms with Crippen LogP contribution >= 0.6 is 0 Å². The van der Waals surface area contributed by atoms with Crippen molar-refractivity contribution in [1.29, 1.82) is 0 Å². The van der Waals surface area contributed by atoms with Crippen molar-refractivity contribution >= 4 is 17.6 Å². The molecule has 0 atom stereocenters. The van der Waals surface area contributed by atoms with Crippen LogP contribution in [0.15, 0.2) is 36.4 Å². The molecule has 0 radical (unpaired) electrons. The predicted octanol–water partition coefficient (Wildman–Crippen LogP) is 3.82. The number of anilines is 1. The number of benzene rings is 2. The van der Waals surface area contributed by atoms with E-state index in [0.717, 1.165) is 0 Å². The van der Waals surface area contributed by atoms with Crippen LogP contribution < -0.4 is 20.1 Å². The molecule has 0 saturated carbocycles. The molecule has 2 N–H and O–H groups in total. The summed E-state index contributed by atoms with van der Waals surface area (Å²) in [5.74, 6) is -1.84. The number of hydrogen-bond donors (Lipinski definition) is 2. The molecule has 0 unspecified atom stereocenters. The molecule has 0 aliphatic carbocycles. The van der Waals surface area contributed by atoms with Crippen molar-refractivity contribution in [1.82, 2.24) is 5.32 Å². The SMILES string of the molecule is COc1cccc(OC)c1C(=O)NC(=O)Nc1cc(C(F)(F)F)ccc1F. The van der Waals surface area contributed by atoms with Crippen molar-refractivity contribution in [2.45, 2.75) is 6.18 Å². The van der Waals surface area contributed by atoms with E-state index in [1.807, 2.05) is 10.6 Å².